The highest BCUT2D eigenvalue weighted by molar-refractivity contribution is 6.16. The topological polar surface area (TPSA) is 22.1 Å². The van der Waals surface area contributed by atoms with Gasteiger partial charge in [0.1, 0.15) is 5.75 Å². The van der Waals surface area contributed by atoms with E-state index < -0.39 is 6.43 Å². The highest BCUT2D eigenvalue weighted by Crippen LogP contribution is 2.31. The Hall–Kier alpha value is -0.900. The molecule has 1 rings (SSSR count). The SMILES string of the molecule is COc1c(C(F)F)cc(CCl)nc1C. The van der Waals surface area contributed by atoms with Crippen molar-refractivity contribution in [3.8, 4) is 5.75 Å². The van der Waals surface area contributed by atoms with E-state index >= 15 is 0 Å². The number of alkyl halides is 3. The van der Waals surface area contributed by atoms with Gasteiger partial charge in [-0.25, -0.2) is 8.78 Å². The third-order valence-electron chi connectivity index (χ3n) is 1.80. The van der Waals surface area contributed by atoms with Crippen molar-refractivity contribution in [1.82, 2.24) is 4.98 Å². The van der Waals surface area contributed by atoms with Crippen LogP contribution in [0, 0.1) is 6.92 Å². The molecule has 0 radical (unpaired) electrons. The number of methoxy groups -OCH3 is 1. The summed E-state index contributed by atoms with van der Waals surface area (Å²) < 4.78 is 30.0. The molecule has 0 fully saturated rings. The molecule has 0 unspecified atom stereocenters. The molecular formula is C9H10ClF2NO. The fourth-order valence-corrected chi connectivity index (χ4v) is 1.39. The summed E-state index contributed by atoms with van der Waals surface area (Å²) in [5, 5.41) is 0. The maximum absolute atomic E-state index is 12.6. The van der Waals surface area contributed by atoms with Crippen molar-refractivity contribution in [2.24, 2.45) is 0 Å². The molecular weight excluding hydrogens is 212 g/mol. The molecule has 0 aromatic carbocycles. The highest BCUT2D eigenvalue weighted by Gasteiger charge is 2.17. The number of halogens is 3. The smallest absolute Gasteiger partial charge is 0.267 e. The lowest BCUT2D eigenvalue weighted by Gasteiger charge is -2.11. The molecule has 0 aliphatic carbocycles. The van der Waals surface area contributed by atoms with Gasteiger partial charge in [-0.2, -0.15) is 0 Å². The second-order valence-corrected chi connectivity index (χ2v) is 3.02. The van der Waals surface area contributed by atoms with Crippen molar-refractivity contribution >= 4 is 11.6 Å². The Kier molecular flexibility index (Phi) is 3.63. The Morgan fingerprint density at radius 2 is 2.21 bits per heavy atom. The van der Waals surface area contributed by atoms with Crippen LogP contribution in [0.4, 0.5) is 8.78 Å². The maximum atomic E-state index is 12.6. The second kappa shape index (κ2) is 4.55. The maximum Gasteiger partial charge on any atom is 0.267 e. The lowest BCUT2D eigenvalue weighted by atomic mass is 10.2. The monoisotopic (exact) mass is 221 g/mol. The molecule has 1 aromatic heterocycles. The summed E-state index contributed by atoms with van der Waals surface area (Å²) in [6, 6.07) is 1.27. The molecule has 78 valence electrons. The predicted octanol–water partition coefficient (Wildman–Crippen LogP) is 3.08. The van der Waals surface area contributed by atoms with E-state index in [1.807, 2.05) is 0 Å². The molecule has 0 saturated carbocycles. The number of aromatic nitrogens is 1. The molecule has 2 nitrogen and oxygen atoms in total. The summed E-state index contributed by atoms with van der Waals surface area (Å²) >= 11 is 5.52. The zero-order chi connectivity index (χ0) is 10.7. The predicted molar refractivity (Wildman–Crippen MR) is 50.0 cm³/mol. The van der Waals surface area contributed by atoms with E-state index in [4.69, 9.17) is 16.3 Å². The van der Waals surface area contributed by atoms with Crippen LogP contribution >= 0.6 is 11.6 Å². The first-order chi connectivity index (χ1) is 6.60. The van der Waals surface area contributed by atoms with Crippen molar-refractivity contribution in [3.05, 3.63) is 23.0 Å². The lowest BCUT2D eigenvalue weighted by molar-refractivity contribution is 0.146. The van der Waals surface area contributed by atoms with Gasteiger partial charge in [-0.15, -0.1) is 11.6 Å². The fourth-order valence-electron chi connectivity index (χ4n) is 1.25. The first-order valence-corrected chi connectivity index (χ1v) is 4.52. The van der Waals surface area contributed by atoms with Crippen LogP contribution in [-0.4, -0.2) is 12.1 Å². The highest BCUT2D eigenvalue weighted by atomic mass is 35.5. The van der Waals surface area contributed by atoms with Gasteiger partial charge in [-0.1, -0.05) is 0 Å². The quantitative estimate of drug-likeness (QED) is 0.732. The standard InChI is InChI=1S/C9H10ClF2NO/c1-5-8(14-2)7(9(11)12)3-6(4-10)13-5/h3,9H,4H2,1-2H3. The molecule has 0 aliphatic rings. The second-order valence-electron chi connectivity index (χ2n) is 2.76. The van der Waals surface area contributed by atoms with Gasteiger partial charge in [0.2, 0.25) is 0 Å². The summed E-state index contributed by atoms with van der Waals surface area (Å²) in [6.07, 6.45) is -2.58. The van der Waals surface area contributed by atoms with E-state index in [2.05, 4.69) is 4.98 Å². The lowest BCUT2D eigenvalue weighted by Crippen LogP contribution is -2.00. The van der Waals surface area contributed by atoms with Gasteiger partial charge in [0, 0.05) is 0 Å². The number of rotatable bonds is 3. The van der Waals surface area contributed by atoms with E-state index in [1.165, 1.54) is 13.2 Å². The number of hydrogen-bond donors (Lipinski definition) is 0. The molecule has 0 spiro atoms. The van der Waals surface area contributed by atoms with Crippen LogP contribution in [0.2, 0.25) is 0 Å². The van der Waals surface area contributed by atoms with Gasteiger partial charge >= 0.3 is 0 Å². The number of pyridine rings is 1. The normalized spacial score (nSPS) is 10.7. The molecule has 0 atom stereocenters. The van der Waals surface area contributed by atoms with Crippen molar-refractivity contribution in [2.45, 2.75) is 19.2 Å². The van der Waals surface area contributed by atoms with E-state index in [1.54, 1.807) is 6.92 Å². The van der Waals surface area contributed by atoms with Gasteiger partial charge in [0.15, 0.2) is 0 Å². The number of aryl methyl sites for hydroxylation is 1. The summed E-state index contributed by atoms with van der Waals surface area (Å²) in [5.41, 5.74) is 0.705. The fraction of sp³-hybridized carbons (Fsp3) is 0.444. The van der Waals surface area contributed by atoms with Crippen LogP contribution in [0.15, 0.2) is 6.07 Å². The Balaban J connectivity index is 3.28. The van der Waals surface area contributed by atoms with Crippen LogP contribution in [0.5, 0.6) is 5.75 Å². The minimum Gasteiger partial charge on any atom is -0.494 e. The Bertz CT molecular complexity index is 331. The van der Waals surface area contributed by atoms with Gasteiger partial charge in [0.25, 0.3) is 6.43 Å². The van der Waals surface area contributed by atoms with E-state index in [0.29, 0.717) is 11.4 Å². The third-order valence-corrected chi connectivity index (χ3v) is 2.07. The minimum absolute atomic E-state index is 0.116. The van der Waals surface area contributed by atoms with Gasteiger partial charge in [0.05, 0.1) is 29.9 Å². The Morgan fingerprint density at radius 3 is 2.64 bits per heavy atom. The van der Waals surface area contributed by atoms with Crippen LogP contribution in [-0.2, 0) is 5.88 Å². The third kappa shape index (κ3) is 2.12. The summed E-state index contributed by atoms with van der Waals surface area (Å²) in [6.45, 7) is 1.61. The molecule has 1 aromatic rings. The van der Waals surface area contributed by atoms with Crippen LogP contribution < -0.4 is 4.74 Å². The van der Waals surface area contributed by atoms with Crippen LogP contribution in [0.25, 0.3) is 0 Å². The van der Waals surface area contributed by atoms with Gasteiger partial charge in [-0.3, -0.25) is 4.98 Å². The first-order valence-electron chi connectivity index (χ1n) is 3.98. The average Bonchev–Trinajstić information content (AvgIpc) is 2.16. The molecule has 5 heteroatoms. The van der Waals surface area contributed by atoms with Gasteiger partial charge in [-0.05, 0) is 13.0 Å². The van der Waals surface area contributed by atoms with Gasteiger partial charge < -0.3 is 4.74 Å². The average molecular weight is 222 g/mol. The van der Waals surface area contributed by atoms with Crippen molar-refractivity contribution in [1.29, 1.82) is 0 Å². The zero-order valence-corrected chi connectivity index (χ0v) is 8.61. The van der Waals surface area contributed by atoms with Crippen molar-refractivity contribution < 1.29 is 13.5 Å². The number of ether oxygens (including phenoxy) is 1. The molecule has 1 heterocycles. The van der Waals surface area contributed by atoms with E-state index in [9.17, 15) is 8.78 Å². The summed E-state index contributed by atoms with van der Waals surface area (Å²) in [7, 11) is 1.34. The molecule has 0 aliphatic heterocycles. The summed E-state index contributed by atoms with van der Waals surface area (Å²) in [4.78, 5) is 4.02. The molecule has 0 bridgehead atoms. The molecule has 14 heavy (non-hydrogen) atoms. The molecule has 0 amide bonds. The van der Waals surface area contributed by atoms with E-state index in [-0.39, 0.29) is 17.2 Å². The Morgan fingerprint density at radius 1 is 1.57 bits per heavy atom. The largest absolute Gasteiger partial charge is 0.494 e. The number of hydrogen-bond acceptors (Lipinski definition) is 2. The van der Waals surface area contributed by atoms with Crippen LogP contribution in [0.3, 0.4) is 0 Å². The molecule has 0 N–H and O–H groups in total. The zero-order valence-electron chi connectivity index (χ0n) is 7.85. The number of nitrogens with zero attached hydrogens (tertiary/aromatic N) is 1. The Labute approximate surface area is 85.9 Å². The van der Waals surface area contributed by atoms with Crippen molar-refractivity contribution in [2.75, 3.05) is 7.11 Å². The van der Waals surface area contributed by atoms with E-state index in [0.717, 1.165) is 0 Å². The van der Waals surface area contributed by atoms with Crippen LogP contribution in [0.1, 0.15) is 23.4 Å². The first kappa shape index (κ1) is 11.2. The van der Waals surface area contributed by atoms with Crippen molar-refractivity contribution in [3.63, 3.8) is 0 Å². The summed E-state index contributed by atoms with van der Waals surface area (Å²) in [5.74, 6) is 0.249. The molecule has 0 saturated heterocycles. The minimum atomic E-state index is -2.58.